The van der Waals surface area contributed by atoms with Gasteiger partial charge in [0.05, 0.1) is 0 Å². The lowest BCUT2D eigenvalue weighted by atomic mass is 9.95. The standard InChI is InChI=1S/C13H27N.C2H6/c1-6-13(7-2)10-8-9-12(5)14-11(3)4;1-2/h12-14H,3,6-10H2,1-2,4-5H3;1-2H3. The largest absolute Gasteiger partial charge is 0.387 e. The third-order valence-corrected chi connectivity index (χ3v) is 2.90. The molecular weight excluding hydrogens is 194 g/mol. The molecule has 0 aromatic carbocycles. The highest BCUT2D eigenvalue weighted by molar-refractivity contribution is 4.86. The maximum atomic E-state index is 3.86. The molecule has 1 atom stereocenters. The summed E-state index contributed by atoms with van der Waals surface area (Å²) >= 11 is 0. The van der Waals surface area contributed by atoms with Gasteiger partial charge in [-0.05, 0) is 26.2 Å². The van der Waals surface area contributed by atoms with Gasteiger partial charge in [0, 0.05) is 11.7 Å². The van der Waals surface area contributed by atoms with Crippen molar-refractivity contribution in [2.45, 2.75) is 79.7 Å². The van der Waals surface area contributed by atoms with E-state index in [0.29, 0.717) is 6.04 Å². The molecule has 1 unspecified atom stereocenters. The van der Waals surface area contributed by atoms with Crippen LogP contribution in [0.3, 0.4) is 0 Å². The van der Waals surface area contributed by atoms with E-state index in [1.165, 1.54) is 32.1 Å². The van der Waals surface area contributed by atoms with Crippen LogP contribution in [0.5, 0.6) is 0 Å². The van der Waals surface area contributed by atoms with Gasteiger partial charge >= 0.3 is 0 Å². The van der Waals surface area contributed by atoms with Gasteiger partial charge in [-0.15, -0.1) is 0 Å². The second kappa shape index (κ2) is 12.6. The van der Waals surface area contributed by atoms with E-state index >= 15 is 0 Å². The van der Waals surface area contributed by atoms with Crippen LogP contribution in [0.1, 0.15) is 73.6 Å². The summed E-state index contributed by atoms with van der Waals surface area (Å²) in [4.78, 5) is 0. The summed E-state index contributed by atoms with van der Waals surface area (Å²) < 4.78 is 0. The molecule has 1 nitrogen and oxygen atoms in total. The smallest absolute Gasteiger partial charge is 0.0229 e. The fraction of sp³-hybridized carbons (Fsp3) is 0.867. The molecule has 0 radical (unpaired) electrons. The average molecular weight is 227 g/mol. The maximum absolute atomic E-state index is 3.86. The molecule has 0 aromatic rings. The first-order valence-corrected chi connectivity index (χ1v) is 7.02. The molecular formula is C15H33N. The molecule has 0 fully saturated rings. The van der Waals surface area contributed by atoms with E-state index in [0.717, 1.165) is 11.6 Å². The van der Waals surface area contributed by atoms with Gasteiger partial charge in [-0.1, -0.05) is 60.0 Å². The van der Waals surface area contributed by atoms with Crippen LogP contribution in [-0.4, -0.2) is 6.04 Å². The molecule has 0 saturated heterocycles. The number of allylic oxidation sites excluding steroid dienone is 1. The van der Waals surface area contributed by atoms with E-state index in [9.17, 15) is 0 Å². The monoisotopic (exact) mass is 227 g/mol. The molecule has 1 N–H and O–H groups in total. The van der Waals surface area contributed by atoms with Crippen LogP contribution in [0.25, 0.3) is 0 Å². The van der Waals surface area contributed by atoms with E-state index < -0.39 is 0 Å². The molecule has 0 aromatic heterocycles. The van der Waals surface area contributed by atoms with E-state index in [2.05, 4.69) is 32.7 Å². The first kappa shape index (κ1) is 17.9. The van der Waals surface area contributed by atoms with Gasteiger partial charge in [-0.3, -0.25) is 0 Å². The molecule has 0 aliphatic heterocycles. The van der Waals surface area contributed by atoms with Crippen LogP contribution in [0.15, 0.2) is 12.3 Å². The molecule has 98 valence electrons. The number of hydrogen-bond donors (Lipinski definition) is 1. The van der Waals surface area contributed by atoms with Crippen LogP contribution in [0.4, 0.5) is 0 Å². The van der Waals surface area contributed by atoms with Crippen LogP contribution in [-0.2, 0) is 0 Å². The number of hydrogen-bond acceptors (Lipinski definition) is 1. The van der Waals surface area contributed by atoms with E-state index in [4.69, 9.17) is 0 Å². The lowest BCUT2D eigenvalue weighted by Gasteiger charge is -2.17. The van der Waals surface area contributed by atoms with Crippen LogP contribution in [0, 0.1) is 5.92 Å². The summed E-state index contributed by atoms with van der Waals surface area (Å²) in [7, 11) is 0. The molecule has 0 aliphatic rings. The Morgan fingerprint density at radius 3 is 2.00 bits per heavy atom. The summed E-state index contributed by atoms with van der Waals surface area (Å²) in [6.07, 6.45) is 6.66. The Labute approximate surface area is 104 Å². The highest BCUT2D eigenvalue weighted by Gasteiger charge is 2.05. The number of rotatable bonds is 8. The maximum Gasteiger partial charge on any atom is 0.0229 e. The summed E-state index contributed by atoms with van der Waals surface area (Å²) in [5, 5.41) is 3.36. The molecule has 1 heteroatoms. The lowest BCUT2D eigenvalue weighted by molar-refractivity contribution is 0.414. The number of nitrogens with one attached hydrogen (secondary N) is 1. The third-order valence-electron chi connectivity index (χ3n) is 2.90. The predicted molar refractivity (Wildman–Crippen MR) is 76.7 cm³/mol. The van der Waals surface area contributed by atoms with E-state index in [1.54, 1.807) is 0 Å². The van der Waals surface area contributed by atoms with Crippen molar-refractivity contribution in [3.63, 3.8) is 0 Å². The molecule has 0 saturated carbocycles. The zero-order valence-corrected chi connectivity index (χ0v) is 12.4. The van der Waals surface area contributed by atoms with Crippen LogP contribution in [0.2, 0.25) is 0 Å². The van der Waals surface area contributed by atoms with Gasteiger partial charge in [0.15, 0.2) is 0 Å². The van der Waals surface area contributed by atoms with Crippen molar-refractivity contribution in [3.05, 3.63) is 12.3 Å². The Balaban J connectivity index is 0. The van der Waals surface area contributed by atoms with Gasteiger partial charge in [0.2, 0.25) is 0 Å². The highest BCUT2D eigenvalue weighted by Crippen LogP contribution is 2.16. The van der Waals surface area contributed by atoms with Crippen molar-refractivity contribution >= 4 is 0 Å². The van der Waals surface area contributed by atoms with Crippen molar-refractivity contribution in [2.24, 2.45) is 5.92 Å². The predicted octanol–water partition coefficient (Wildman–Crippen LogP) is 5.13. The molecule has 0 bridgehead atoms. The fourth-order valence-corrected chi connectivity index (χ4v) is 1.90. The Hall–Kier alpha value is -0.460. The minimum absolute atomic E-state index is 0.585. The van der Waals surface area contributed by atoms with Gasteiger partial charge in [-0.2, -0.15) is 0 Å². The van der Waals surface area contributed by atoms with Crippen LogP contribution < -0.4 is 5.32 Å². The SMILES string of the molecule is C=C(C)NC(C)CCCC(CC)CC.CC. The summed E-state index contributed by atoms with van der Waals surface area (Å²) in [6, 6.07) is 0.585. The fourth-order valence-electron chi connectivity index (χ4n) is 1.90. The van der Waals surface area contributed by atoms with E-state index in [1.807, 2.05) is 20.8 Å². The summed E-state index contributed by atoms with van der Waals surface area (Å²) in [6.45, 7) is 16.7. The Bertz CT molecular complexity index is 148. The topological polar surface area (TPSA) is 12.0 Å². The van der Waals surface area contributed by atoms with Crippen molar-refractivity contribution in [3.8, 4) is 0 Å². The first-order valence-electron chi connectivity index (χ1n) is 7.02. The quantitative estimate of drug-likeness (QED) is 0.606. The zero-order chi connectivity index (χ0) is 13.0. The Morgan fingerprint density at radius 2 is 1.62 bits per heavy atom. The van der Waals surface area contributed by atoms with Gasteiger partial charge < -0.3 is 5.32 Å². The van der Waals surface area contributed by atoms with Gasteiger partial charge in [0.1, 0.15) is 0 Å². The van der Waals surface area contributed by atoms with Crippen molar-refractivity contribution < 1.29 is 0 Å². The molecule has 0 rings (SSSR count). The third kappa shape index (κ3) is 11.6. The van der Waals surface area contributed by atoms with Crippen molar-refractivity contribution in [1.29, 1.82) is 0 Å². The lowest BCUT2D eigenvalue weighted by Crippen LogP contribution is -2.23. The first-order chi connectivity index (χ1) is 7.60. The summed E-state index contributed by atoms with van der Waals surface area (Å²) in [5.41, 5.74) is 1.08. The Kier molecular flexibility index (Phi) is 14.1. The van der Waals surface area contributed by atoms with E-state index in [-0.39, 0.29) is 0 Å². The Morgan fingerprint density at radius 1 is 1.12 bits per heavy atom. The second-order valence-corrected chi connectivity index (χ2v) is 4.44. The van der Waals surface area contributed by atoms with Crippen LogP contribution >= 0.6 is 0 Å². The zero-order valence-electron chi connectivity index (χ0n) is 12.4. The minimum Gasteiger partial charge on any atom is -0.387 e. The molecule has 16 heavy (non-hydrogen) atoms. The molecule has 0 aliphatic carbocycles. The minimum atomic E-state index is 0.585. The average Bonchev–Trinajstić information content (AvgIpc) is 2.26. The second-order valence-electron chi connectivity index (χ2n) is 4.44. The summed E-state index contributed by atoms with van der Waals surface area (Å²) in [5.74, 6) is 0.937. The highest BCUT2D eigenvalue weighted by atomic mass is 14.9. The molecule has 0 heterocycles. The van der Waals surface area contributed by atoms with Crippen molar-refractivity contribution in [2.75, 3.05) is 0 Å². The van der Waals surface area contributed by atoms with Gasteiger partial charge in [-0.25, -0.2) is 0 Å². The van der Waals surface area contributed by atoms with Gasteiger partial charge in [0.25, 0.3) is 0 Å². The normalized spacial score (nSPS) is 11.7. The molecule has 0 spiro atoms. The molecule has 0 amide bonds. The van der Waals surface area contributed by atoms with Crippen molar-refractivity contribution in [1.82, 2.24) is 5.32 Å².